The normalized spacial score (nSPS) is 45.7. The van der Waals surface area contributed by atoms with Crippen molar-refractivity contribution in [2.75, 3.05) is 13.1 Å². The zero-order valence-electron chi connectivity index (χ0n) is 10.3. The van der Waals surface area contributed by atoms with Gasteiger partial charge in [-0.15, -0.1) is 0 Å². The van der Waals surface area contributed by atoms with Crippen LogP contribution in [0.25, 0.3) is 0 Å². The third kappa shape index (κ3) is 1.54. The number of fused-ring (bicyclic) bond motifs is 2. The van der Waals surface area contributed by atoms with E-state index >= 15 is 0 Å². The summed E-state index contributed by atoms with van der Waals surface area (Å²) >= 11 is 0. The van der Waals surface area contributed by atoms with Gasteiger partial charge in [0.15, 0.2) is 0 Å². The van der Waals surface area contributed by atoms with Crippen LogP contribution in [-0.4, -0.2) is 29.8 Å². The Bertz CT molecular complexity index is 280. The Morgan fingerprint density at radius 3 is 2.62 bits per heavy atom. The number of carbonyl (C=O) groups is 1. The predicted octanol–water partition coefficient (Wildman–Crippen LogP) is 2.48. The standard InChI is InChI=1S/C14H23NO/c1-2-3-13(16)12-5-4-11-10-6-8-15(9-7-10)14(11)12/h10-12,14H,2-9H2,1H3. The number of hydrogen-bond acceptors (Lipinski definition) is 2. The van der Waals surface area contributed by atoms with Gasteiger partial charge in [0.25, 0.3) is 0 Å². The fourth-order valence-electron chi connectivity index (χ4n) is 4.48. The molecule has 2 heteroatoms. The van der Waals surface area contributed by atoms with E-state index in [2.05, 4.69) is 11.8 Å². The van der Waals surface area contributed by atoms with Gasteiger partial charge in [0.2, 0.25) is 0 Å². The molecule has 3 heterocycles. The summed E-state index contributed by atoms with van der Waals surface area (Å²) in [5.74, 6) is 2.78. The van der Waals surface area contributed by atoms with Crippen LogP contribution in [-0.2, 0) is 4.79 Å². The molecule has 0 N–H and O–H groups in total. The molecule has 0 amide bonds. The molecule has 0 radical (unpaired) electrons. The number of piperidine rings is 3. The van der Waals surface area contributed by atoms with Gasteiger partial charge in [-0.1, -0.05) is 6.92 Å². The van der Waals surface area contributed by atoms with Crippen molar-refractivity contribution in [2.45, 2.75) is 51.5 Å². The van der Waals surface area contributed by atoms with Crippen molar-refractivity contribution in [2.24, 2.45) is 17.8 Å². The zero-order valence-corrected chi connectivity index (χ0v) is 10.3. The van der Waals surface area contributed by atoms with Gasteiger partial charge in [-0.2, -0.15) is 0 Å². The Kier molecular flexibility index (Phi) is 2.78. The molecule has 1 saturated carbocycles. The lowest BCUT2D eigenvalue weighted by Crippen LogP contribution is -2.55. The summed E-state index contributed by atoms with van der Waals surface area (Å²) in [5.41, 5.74) is 0. The van der Waals surface area contributed by atoms with E-state index in [-0.39, 0.29) is 0 Å². The third-order valence-electron chi connectivity index (χ3n) is 5.17. The fraction of sp³-hybridized carbons (Fsp3) is 0.929. The fourth-order valence-corrected chi connectivity index (χ4v) is 4.48. The van der Waals surface area contributed by atoms with Gasteiger partial charge in [-0.25, -0.2) is 0 Å². The highest BCUT2D eigenvalue weighted by atomic mass is 16.1. The highest BCUT2D eigenvalue weighted by molar-refractivity contribution is 5.82. The number of Topliss-reactive ketones (excluding diaryl/α,β-unsaturated/α-hetero) is 1. The van der Waals surface area contributed by atoms with E-state index in [0.29, 0.717) is 17.7 Å². The minimum absolute atomic E-state index is 0.396. The lowest BCUT2D eigenvalue weighted by atomic mass is 9.73. The van der Waals surface area contributed by atoms with Crippen molar-refractivity contribution in [1.29, 1.82) is 0 Å². The minimum atomic E-state index is 0.396. The largest absolute Gasteiger partial charge is 0.299 e. The van der Waals surface area contributed by atoms with Crippen LogP contribution in [0.5, 0.6) is 0 Å². The topological polar surface area (TPSA) is 20.3 Å². The lowest BCUT2D eigenvalue weighted by molar-refractivity contribution is -0.126. The maximum atomic E-state index is 12.1. The first-order valence-corrected chi connectivity index (χ1v) is 7.08. The first kappa shape index (κ1) is 10.8. The first-order valence-electron chi connectivity index (χ1n) is 7.08. The van der Waals surface area contributed by atoms with Gasteiger partial charge in [0, 0.05) is 18.4 Å². The van der Waals surface area contributed by atoms with Crippen LogP contribution in [0, 0.1) is 17.8 Å². The van der Waals surface area contributed by atoms with E-state index in [1.807, 2.05) is 0 Å². The molecule has 0 spiro atoms. The van der Waals surface area contributed by atoms with E-state index in [0.717, 1.165) is 24.7 Å². The van der Waals surface area contributed by atoms with Crippen molar-refractivity contribution >= 4 is 5.78 Å². The molecule has 3 aliphatic heterocycles. The Morgan fingerprint density at radius 2 is 1.94 bits per heavy atom. The second-order valence-electron chi connectivity index (χ2n) is 5.93. The molecule has 3 unspecified atom stereocenters. The van der Waals surface area contributed by atoms with Crippen molar-refractivity contribution in [3.8, 4) is 0 Å². The van der Waals surface area contributed by atoms with Crippen LogP contribution in [0.1, 0.15) is 45.4 Å². The van der Waals surface area contributed by atoms with Gasteiger partial charge in [0.1, 0.15) is 5.78 Å². The van der Waals surface area contributed by atoms with Gasteiger partial charge in [0.05, 0.1) is 0 Å². The van der Waals surface area contributed by atoms with Crippen LogP contribution in [0.4, 0.5) is 0 Å². The monoisotopic (exact) mass is 221 g/mol. The summed E-state index contributed by atoms with van der Waals surface area (Å²) in [6, 6.07) is 0.645. The third-order valence-corrected chi connectivity index (χ3v) is 5.17. The molecule has 4 rings (SSSR count). The SMILES string of the molecule is CCCC(=O)C1CCC2C3CCN(CC3)C12. The van der Waals surface area contributed by atoms with E-state index in [9.17, 15) is 4.79 Å². The first-order chi connectivity index (χ1) is 7.81. The van der Waals surface area contributed by atoms with Crippen molar-refractivity contribution < 1.29 is 4.79 Å². The molecular formula is C14H23NO. The van der Waals surface area contributed by atoms with Crippen molar-refractivity contribution in [1.82, 2.24) is 4.90 Å². The van der Waals surface area contributed by atoms with E-state index in [4.69, 9.17) is 0 Å². The van der Waals surface area contributed by atoms with Crippen LogP contribution < -0.4 is 0 Å². The van der Waals surface area contributed by atoms with Gasteiger partial charge in [-0.05, 0) is 57.0 Å². The molecule has 16 heavy (non-hydrogen) atoms. The van der Waals surface area contributed by atoms with Crippen molar-refractivity contribution in [3.63, 3.8) is 0 Å². The average molecular weight is 221 g/mol. The molecule has 2 nitrogen and oxygen atoms in total. The number of carbonyl (C=O) groups excluding carboxylic acids is 1. The van der Waals surface area contributed by atoms with Crippen molar-refractivity contribution in [3.05, 3.63) is 0 Å². The zero-order chi connectivity index (χ0) is 11.1. The molecule has 4 aliphatic rings. The summed E-state index contributed by atoms with van der Waals surface area (Å²) in [6.07, 6.45) is 7.14. The van der Waals surface area contributed by atoms with Crippen LogP contribution in [0.15, 0.2) is 0 Å². The van der Waals surface area contributed by atoms with E-state index in [1.54, 1.807) is 0 Å². The summed E-state index contributed by atoms with van der Waals surface area (Å²) in [6.45, 7) is 4.65. The predicted molar refractivity (Wildman–Crippen MR) is 64.2 cm³/mol. The highest BCUT2D eigenvalue weighted by Crippen LogP contribution is 2.48. The summed E-state index contributed by atoms with van der Waals surface area (Å²) in [5, 5.41) is 0. The number of nitrogens with zero attached hydrogens (tertiary/aromatic N) is 1. The van der Waals surface area contributed by atoms with Crippen LogP contribution >= 0.6 is 0 Å². The molecule has 0 aromatic heterocycles. The minimum Gasteiger partial charge on any atom is -0.299 e. The second kappa shape index (κ2) is 4.14. The molecule has 3 atom stereocenters. The Hall–Kier alpha value is -0.370. The molecule has 4 fully saturated rings. The summed E-state index contributed by atoms with van der Waals surface area (Å²) in [7, 11) is 0. The number of hydrogen-bond donors (Lipinski definition) is 0. The Morgan fingerprint density at radius 1 is 1.19 bits per heavy atom. The molecular weight excluding hydrogens is 198 g/mol. The molecule has 0 aromatic carbocycles. The smallest absolute Gasteiger partial charge is 0.137 e. The summed E-state index contributed by atoms with van der Waals surface area (Å²) < 4.78 is 0. The molecule has 0 aromatic rings. The molecule has 90 valence electrons. The van der Waals surface area contributed by atoms with Gasteiger partial charge < -0.3 is 0 Å². The average Bonchev–Trinajstić information content (AvgIpc) is 2.77. The second-order valence-corrected chi connectivity index (χ2v) is 5.93. The summed E-state index contributed by atoms with van der Waals surface area (Å²) in [4.78, 5) is 14.8. The van der Waals surface area contributed by atoms with Crippen LogP contribution in [0.3, 0.4) is 0 Å². The molecule has 3 saturated heterocycles. The maximum Gasteiger partial charge on any atom is 0.137 e. The van der Waals surface area contributed by atoms with Gasteiger partial charge >= 0.3 is 0 Å². The molecule has 2 bridgehead atoms. The van der Waals surface area contributed by atoms with Crippen LogP contribution in [0.2, 0.25) is 0 Å². The van der Waals surface area contributed by atoms with E-state index < -0.39 is 0 Å². The quantitative estimate of drug-likeness (QED) is 0.729. The van der Waals surface area contributed by atoms with E-state index in [1.165, 1.54) is 38.8 Å². The Labute approximate surface area is 98.4 Å². The number of ketones is 1. The number of rotatable bonds is 3. The lowest BCUT2D eigenvalue weighted by Gasteiger charge is -2.50. The Balaban J connectivity index is 1.76. The maximum absolute atomic E-state index is 12.1. The highest BCUT2D eigenvalue weighted by Gasteiger charge is 2.50. The van der Waals surface area contributed by atoms with Gasteiger partial charge in [-0.3, -0.25) is 9.69 Å². The molecule has 1 aliphatic carbocycles.